The molecule has 3 heteroatoms. The molecule has 2 aliphatic heterocycles. The van der Waals surface area contributed by atoms with Crippen molar-refractivity contribution in [2.45, 2.75) is 76.9 Å². The number of hydrogen-bond donors (Lipinski definition) is 1. The van der Waals surface area contributed by atoms with Gasteiger partial charge < -0.3 is 10.2 Å². The molecule has 2 saturated heterocycles. The van der Waals surface area contributed by atoms with E-state index in [0.29, 0.717) is 35.4 Å². The molecule has 2 heterocycles. The van der Waals surface area contributed by atoms with Crippen LogP contribution in [0.2, 0.25) is 0 Å². The van der Waals surface area contributed by atoms with Gasteiger partial charge in [0, 0.05) is 31.6 Å². The third-order valence-electron chi connectivity index (χ3n) is 6.06. The molecular formula is C16H28N2O. The molecule has 0 spiro atoms. The van der Waals surface area contributed by atoms with Crippen molar-refractivity contribution in [1.82, 2.24) is 10.2 Å². The molecule has 3 atom stereocenters. The van der Waals surface area contributed by atoms with Crippen molar-refractivity contribution in [1.29, 1.82) is 0 Å². The van der Waals surface area contributed by atoms with Crippen LogP contribution < -0.4 is 5.32 Å². The number of nitrogens with one attached hydrogen (secondary N) is 1. The molecule has 3 rings (SSSR count). The first-order chi connectivity index (χ1) is 8.98. The first-order valence-electron chi connectivity index (χ1n) is 7.99. The van der Waals surface area contributed by atoms with Crippen LogP contribution in [0, 0.1) is 11.3 Å². The molecule has 19 heavy (non-hydrogen) atoms. The molecular weight excluding hydrogens is 236 g/mol. The molecule has 3 aliphatic rings. The highest BCUT2D eigenvalue weighted by Crippen LogP contribution is 2.49. The van der Waals surface area contributed by atoms with E-state index in [9.17, 15) is 4.79 Å². The molecule has 0 radical (unpaired) electrons. The smallest absolute Gasteiger partial charge is 0.222 e. The van der Waals surface area contributed by atoms with Gasteiger partial charge in [-0.1, -0.05) is 6.92 Å². The second-order valence-corrected chi connectivity index (χ2v) is 7.51. The summed E-state index contributed by atoms with van der Waals surface area (Å²) in [6, 6.07) is 1.79. The van der Waals surface area contributed by atoms with Crippen molar-refractivity contribution in [2.75, 3.05) is 7.05 Å². The van der Waals surface area contributed by atoms with Crippen molar-refractivity contribution >= 4 is 5.91 Å². The summed E-state index contributed by atoms with van der Waals surface area (Å²) in [5.41, 5.74) is 0.400. The van der Waals surface area contributed by atoms with Crippen LogP contribution in [0.15, 0.2) is 0 Å². The molecule has 2 bridgehead atoms. The summed E-state index contributed by atoms with van der Waals surface area (Å²) in [4.78, 5) is 14.5. The lowest BCUT2D eigenvalue weighted by Crippen LogP contribution is -2.43. The lowest BCUT2D eigenvalue weighted by molar-refractivity contribution is -0.134. The van der Waals surface area contributed by atoms with Gasteiger partial charge in [-0.2, -0.15) is 0 Å². The second-order valence-electron chi connectivity index (χ2n) is 7.51. The second kappa shape index (κ2) is 4.76. The van der Waals surface area contributed by atoms with E-state index in [0.717, 1.165) is 6.42 Å². The van der Waals surface area contributed by atoms with E-state index >= 15 is 0 Å². The number of carbonyl (C=O) groups excluding carboxylic acids is 1. The summed E-state index contributed by atoms with van der Waals surface area (Å²) in [7, 11) is 2.01. The van der Waals surface area contributed by atoms with E-state index in [1.807, 2.05) is 11.9 Å². The largest absolute Gasteiger partial charge is 0.343 e. The Bertz CT molecular complexity index is 352. The topological polar surface area (TPSA) is 32.3 Å². The van der Waals surface area contributed by atoms with E-state index in [1.54, 1.807) is 0 Å². The van der Waals surface area contributed by atoms with E-state index < -0.39 is 0 Å². The van der Waals surface area contributed by atoms with Crippen LogP contribution in [0.1, 0.15) is 58.8 Å². The van der Waals surface area contributed by atoms with Gasteiger partial charge in [0.05, 0.1) is 0 Å². The van der Waals surface area contributed by atoms with Crippen LogP contribution in [0.5, 0.6) is 0 Å². The number of nitrogens with zero attached hydrogens (tertiary/aromatic N) is 1. The van der Waals surface area contributed by atoms with E-state index in [2.05, 4.69) is 19.2 Å². The maximum Gasteiger partial charge on any atom is 0.222 e. The highest BCUT2D eigenvalue weighted by molar-refractivity contribution is 5.76. The molecule has 1 aliphatic carbocycles. The maximum absolute atomic E-state index is 12.5. The molecule has 1 amide bonds. The normalized spacial score (nSPS) is 36.9. The summed E-state index contributed by atoms with van der Waals surface area (Å²) >= 11 is 0. The molecule has 0 aromatic rings. The van der Waals surface area contributed by atoms with Gasteiger partial charge >= 0.3 is 0 Å². The lowest BCUT2D eigenvalue weighted by atomic mass is 9.89. The van der Waals surface area contributed by atoms with Gasteiger partial charge in [0.25, 0.3) is 0 Å². The summed E-state index contributed by atoms with van der Waals surface area (Å²) in [6.07, 6.45) is 8.39. The molecule has 3 unspecified atom stereocenters. The van der Waals surface area contributed by atoms with Gasteiger partial charge in [-0.25, -0.2) is 0 Å². The standard InChI is InChI=1S/C16H28N2O/c1-11(16(2)6-7-16)18(3)15(19)10-12-8-13-4-5-14(9-12)17-13/h11-14,17H,4-10H2,1-3H3. The summed E-state index contributed by atoms with van der Waals surface area (Å²) in [5.74, 6) is 0.986. The summed E-state index contributed by atoms with van der Waals surface area (Å²) in [5, 5.41) is 3.65. The first-order valence-corrected chi connectivity index (χ1v) is 7.99. The van der Waals surface area contributed by atoms with Gasteiger partial charge in [-0.05, 0) is 56.8 Å². The summed E-state index contributed by atoms with van der Waals surface area (Å²) in [6.45, 7) is 4.53. The molecule has 1 N–H and O–H groups in total. The Labute approximate surface area is 117 Å². The quantitative estimate of drug-likeness (QED) is 0.846. The Hall–Kier alpha value is -0.570. The van der Waals surface area contributed by atoms with Gasteiger partial charge in [0.1, 0.15) is 0 Å². The zero-order valence-corrected chi connectivity index (χ0v) is 12.6. The number of hydrogen-bond acceptors (Lipinski definition) is 2. The Balaban J connectivity index is 1.53. The molecule has 0 aromatic heterocycles. The van der Waals surface area contributed by atoms with Crippen molar-refractivity contribution in [3.63, 3.8) is 0 Å². The van der Waals surface area contributed by atoms with Gasteiger partial charge in [0.2, 0.25) is 5.91 Å². The third kappa shape index (κ3) is 2.67. The fraction of sp³-hybridized carbons (Fsp3) is 0.938. The van der Waals surface area contributed by atoms with Gasteiger partial charge in [-0.15, -0.1) is 0 Å². The average Bonchev–Trinajstić information content (AvgIpc) is 3.05. The van der Waals surface area contributed by atoms with Crippen LogP contribution in [-0.2, 0) is 4.79 Å². The molecule has 0 aromatic carbocycles. The Kier molecular flexibility index (Phi) is 3.36. The van der Waals surface area contributed by atoms with Crippen molar-refractivity contribution < 1.29 is 4.79 Å². The van der Waals surface area contributed by atoms with Crippen LogP contribution in [-0.4, -0.2) is 36.0 Å². The van der Waals surface area contributed by atoms with Crippen LogP contribution in [0.4, 0.5) is 0 Å². The zero-order valence-electron chi connectivity index (χ0n) is 12.6. The monoisotopic (exact) mass is 264 g/mol. The number of carbonyl (C=O) groups is 1. The maximum atomic E-state index is 12.5. The number of fused-ring (bicyclic) bond motifs is 2. The van der Waals surface area contributed by atoms with Gasteiger partial charge in [-0.3, -0.25) is 4.79 Å². The van der Waals surface area contributed by atoms with Gasteiger partial charge in [0.15, 0.2) is 0 Å². The van der Waals surface area contributed by atoms with Crippen LogP contribution >= 0.6 is 0 Å². The molecule has 108 valence electrons. The lowest BCUT2D eigenvalue weighted by Gasteiger charge is -2.33. The Morgan fingerprint density at radius 1 is 1.32 bits per heavy atom. The number of rotatable bonds is 4. The molecule has 1 saturated carbocycles. The minimum absolute atomic E-state index is 0.368. The number of piperidine rings is 1. The molecule has 3 fully saturated rings. The Morgan fingerprint density at radius 2 is 1.89 bits per heavy atom. The fourth-order valence-electron chi connectivity index (χ4n) is 4.03. The molecule has 3 nitrogen and oxygen atoms in total. The predicted octanol–water partition coefficient (Wildman–Crippen LogP) is 2.55. The fourth-order valence-corrected chi connectivity index (χ4v) is 4.03. The average molecular weight is 264 g/mol. The third-order valence-corrected chi connectivity index (χ3v) is 6.06. The minimum atomic E-state index is 0.368. The predicted molar refractivity (Wildman–Crippen MR) is 76.9 cm³/mol. The van der Waals surface area contributed by atoms with Crippen molar-refractivity contribution in [2.24, 2.45) is 11.3 Å². The SMILES string of the molecule is CC(N(C)C(=O)CC1CC2CCC(C1)N2)C1(C)CC1. The van der Waals surface area contributed by atoms with Crippen LogP contribution in [0.3, 0.4) is 0 Å². The van der Waals surface area contributed by atoms with E-state index in [1.165, 1.54) is 38.5 Å². The minimum Gasteiger partial charge on any atom is -0.343 e. The Morgan fingerprint density at radius 3 is 2.42 bits per heavy atom. The highest BCUT2D eigenvalue weighted by Gasteiger charge is 2.45. The summed E-state index contributed by atoms with van der Waals surface area (Å²) < 4.78 is 0. The van der Waals surface area contributed by atoms with Crippen LogP contribution in [0.25, 0.3) is 0 Å². The van der Waals surface area contributed by atoms with E-state index in [4.69, 9.17) is 0 Å². The number of amides is 1. The van der Waals surface area contributed by atoms with Crippen molar-refractivity contribution in [3.8, 4) is 0 Å². The van der Waals surface area contributed by atoms with Crippen molar-refractivity contribution in [3.05, 3.63) is 0 Å². The highest BCUT2D eigenvalue weighted by atomic mass is 16.2. The zero-order chi connectivity index (χ0) is 13.6. The van der Waals surface area contributed by atoms with E-state index in [-0.39, 0.29) is 0 Å². The first kappa shape index (κ1) is 13.4.